The van der Waals surface area contributed by atoms with E-state index in [-0.39, 0.29) is 6.61 Å². The molecule has 1 fully saturated rings. The zero-order valence-electron chi connectivity index (χ0n) is 10.2. The van der Waals surface area contributed by atoms with Gasteiger partial charge in [0.1, 0.15) is 5.75 Å². The minimum atomic E-state index is -0.395. The summed E-state index contributed by atoms with van der Waals surface area (Å²) in [6.07, 6.45) is 4.61. The monoisotopic (exact) mass is 312 g/mol. The fraction of sp³-hybridized carbons (Fsp3) is 0.571. The van der Waals surface area contributed by atoms with Gasteiger partial charge in [0.05, 0.1) is 11.1 Å². The molecule has 1 aromatic rings. The van der Waals surface area contributed by atoms with Crippen LogP contribution in [-0.4, -0.2) is 24.1 Å². The van der Waals surface area contributed by atoms with Gasteiger partial charge in [-0.3, -0.25) is 0 Å². The Balaban J connectivity index is 1.97. The maximum Gasteiger partial charge on any atom is 0.211 e. The zero-order chi connectivity index (χ0) is 12.6. The number of benzene rings is 1. The van der Waals surface area contributed by atoms with E-state index in [9.17, 15) is 0 Å². The van der Waals surface area contributed by atoms with Gasteiger partial charge >= 0.3 is 0 Å². The van der Waals surface area contributed by atoms with E-state index in [2.05, 4.69) is 22.0 Å². The molecule has 2 aliphatic heterocycles. The minimum Gasteiger partial charge on any atom is -0.461 e. The molecule has 18 heavy (non-hydrogen) atoms. The van der Waals surface area contributed by atoms with E-state index in [4.69, 9.17) is 14.6 Å². The summed E-state index contributed by atoms with van der Waals surface area (Å²) in [5, 5.41) is 9.12. The van der Waals surface area contributed by atoms with Crippen molar-refractivity contribution in [1.82, 2.24) is 0 Å². The van der Waals surface area contributed by atoms with E-state index in [1.165, 1.54) is 11.1 Å². The van der Waals surface area contributed by atoms with Gasteiger partial charge in [-0.05, 0) is 52.4 Å². The third-order valence-electron chi connectivity index (χ3n) is 3.80. The van der Waals surface area contributed by atoms with Crippen molar-refractivity contribution >= 4 is 15.9 Å². The van der Waals surface area contributed by atoms with E-state index in [1.54, 1.807) is 0 Å². The molecule has 1 N–H and O–H groups in total. The van der Waals surface area contributed by atoms with Crippen LogP contribution in [-0.2, 0) is 17.6 Å². The first kappa shape index (κ1) is 12.5. The second kappa shape index (κ2) is 4.83. The van der Waals surface area contributed by atoms with Gasteiger partial charge < -0.3 is 14.6 Å². The average molecular weight is 313 g/mol. The normalized spacial score (nSPS) is 26.1. The number of rotatable bonds is 2. The Morgan fingerprint density at radius 1 is 1.33 bits per heavy atom. The smallest absolute Gasteiger partial charge is 0.211 e. The van der Waals surface area contributed by atoms with Gasteiger partial charge in [0.15, 0.2) is 0 Å². The summed E-state index contributed by atoms with van der Waals surface area (Å²) in [6, 6.07) is 4.06. The fourth-order valence-electron chi connectivity index (χ4n) is 2.88. The summed E-state index contributed by atoms with van der Waals surface area (Å²) < 4.78 is 12.9. The zero-order valence-corrected chi connectivity index (χ0v) is 11.8. The second-order valence-corrected chi connectivity index (χ2v) is 5.81. The lowest BCUT2D eigenvalue weighted by atomic mass is 9.93. The summed E-state index contributed by atoms with van der Waals surface area (Å²) in [4.78, 5) is 0. The van der Waals surface area contributed by atoms with Crippen LogP contribution in [0.25, 0.3) is 0 Å². The first-order chi connectivity index (χ1) is 8.74. The molecule has 1 unspecified atom stereocenters. The highest BCUT2D eigenvalue weighted by molar-refractivity contribution is 9.10. The van der Waals surface area contributed by atoms with Crippen molar-refractivity contribution < 1.29 is 14.6 Å². The van der Waals surface area contributed by atoms with Crippen molar-refractivity contribution in [1.29, 1.82) is 0 Å². The molecule has 1 spiro atoms. The molecule has 0 saturated carbocycles. The van der Waals surface area contributed by atoms with E-state index in [0.29, 0.717) is 6.42 Å². The van der Waals surface area contributed by atoms with Crippen LogP contribution in [0.4, 0.5) is 0 Å². The molecule has 0 amide bonds. The van der Waals surface area contributed by atoms with Gasteiger partial charge in [-0.2, -0.15) is 0 Å². The van der Waals surface area contributed by atoms with Crippen molar-refractivity contribution in [3.05, 3.63) is 27.7 Å². The molecule has 2 aliphatic rings. The van der Waals surface area contributed by atoms with E-state index in [1.807, 2.05) is 6.07 Å². The lowest BCUT2D eigenvalue weighted by molar-refractivity contribution is -0.160. The summed E-state index contributed by atoms with van der Waals surface area (Å²) >= 11 is 3.55. The molecule has 0 aromatic heterocycles. The number of halogens is 1. The van der Waals surface area contributed by atoms with Crippen LogP contribution in [0.1, 0.15) is 30.4 Å². The predicted molar refractivity (Wildman–Crippen MR) is 71.8 cm³/mol. The summed E-state index contributed by atoms with van der Waals surface area (Å²) in [6.45, 7) is 0.971. The van der Waals surface area contributed by atoms with Gasteiger partial charge in [-0.25, -0.2) is 0 Å². The molecule has 1 saturated heterocycles. The first-order valence-electron chi connectivity index (χ1n) is 6.48. The van der Waals surface area contributed by atoms with Crippen LogP contribution >= 0.6 is 15.9 Å². The SMILES string of the molecule is OCCc1ccc(Br)c2c1CCC1(CCCO1)O2. The molecular formula is C14H17BrO3. The van der Waals surface area contributed by atoms with E-state index >= 15 is 0 Å². The molecule has 4 heteroatoms. The molecule has 0 aliphatic carbocycles. The topological polar surface area (TPSA) is 38.7 Å². The van der Waals surface area contributed by atoms with Gasteiger partial charge in [-0.1, -0.05) is 6.07 Å². The molecule has 0 bridgehead atoms. The predicted octanol–water partition coefficient (Wildman–Crippen LogP) is 2.82. The van der Waals surface area contributed by atoms with Gasteiger partial charge in [-0.15, -0.1) is 0 Å². The number of hydrogen-bond acceptors (Lipinski definition) is 3. The maximum absolute atomic E-state index is 9.12. The lowest BCUT2D eigenvalue weighted by Crippen LogP contribution is -2.39. The largest absolute Gasteiger partial charge is 0.461 e. The van der Waals surface area contributed by atoms with Crippen LogP contribution < -0.4 is 4.74 Å². The van der Waals surface area contributed by atoms with Crippen molar-refractivity contribution in [2.24, 2.45) is 0 Å². The van der Waals surface area contributed by atoms with E-state index < -0.39 is 5.79 Å². The van der Waals surface area contributed by atoms with Crippen molar-refractivity contribution in [2.75, 3.05) is 13.2 Å². The maximum atomic E-state index is 9.12. The Morgan fingerprint density at radius 2 is 2.22 bits per heavy atom. The van der Waals surface area contributed by atoms with Crippen molar-refractivity contribution in [3.8, 4) is 5.75 Å². The Bertz CT molecular complexity index is 453. The Morgan fingerprint density at radius 3 is 2.94 bits per heavy atom. The number of fused-ring (bicyclic) bond motifs is 1. The molecule has 1 aromatic carbocycles. The Kier molecular flexibility index (Phi) is 3.34. The molecular weight excluding hydrogens is 296 g/mol. The molecule has 3 rings (SSSR count). The molecule has 2 heterocycles. The van der Waals surface area contributed by atoms with Crippen LogP contribution in [0.15, 0.2) is 16.6 Å². The number of hydrogen-bond donors (Lipinski definition) is 1. The summed E-state index contributed by atoms with van der Waals surface area (Å²) in [5.41, 5.74) is 2.41. The highest BCUT2D eigenvalue weighted by Crippen LogP contribution is 2.44. The Hall–Kier alpha value is -0.580. The van der Waals surface area contributed by atoms with Gasteiger partial charge in [0.25, 0.3) is 0 Å². The molecule has 1 atom stereocenters. The highest BCUT2D eigenvalue weighted by atomic mass is 79.9. The average Bonchev–Trinajstić information content (AvgIpc) is 2.82. The van der Waals surface area contributed by atoms with Crippen molar-refractivity contribution in [2.45, 2.75) is 37.9 Å². The fourth-order valence-corrected chi connectivity index (χ4v) is 3.33. The first-order valence-corrected chi connectivity index (χ1v) is 7.27. The molecule has 3 nitrogen and oxygen atoms in total. The molecule has 98 valence electrons. The third kappa shape index (κ3) is 2.06. The summed E-state index contributed by atoms with van der Waals surface area (Å²) in [7, 11) is 0. The third-order valence-corrected chi connectivity index (χ3v) is 4.43. The molecule has 0 radical (unpaired) electrons. The lowest BCUT2D eigenvalue weighted by Gasteiger charge is -2.36. The van der Waals surface area contributed by atoms with Gasteiger partial charge in [0.2, 0.25) is 5.79 Å². The van der Waals surface area contributed by atoms with E-state index in [0.717, 1.165) is 42.5 Å². The number of aliphatic hydroxyl groups is 1. The van der Waals surface area contributed by atoms with Crippen LogP contribution in [0.2, 0.25) is 0 Å². The Labute approximate surface area is 115 Å². The number of aliphatic hydroxyl groups excluding tert-OH is 1. The quantitative estimate of drug-likeness (QED) is 0.912. The highest BCUT2D eigenvalue weighted by Gasteiger charge is 2.41. The summed E-state index contributed by atoms with van der Waals surface area (Å²) in [5.74, 6) is 0.516. The van der Waals surface area contributed by atoms with Crippen LogP contribution in [0.3, 0.4) is 0 Å². The van der Waals surface area contributed by atoms with Crippen LogP contribution in [0, 0.1) is 0 Å². The standard InChI is InChI=1S/C14H17BrO3/c15-12-3-2-10(5-8-16)11-4-7-14(18-13(11)12)6-1-9-17-14/h2-3,16H,1,4-9H2. The minimum absolute atomic E-state index is 0.176. The van der Waals surface area contributed by atoms with Gasteiger partial charge in [0, 0.05) is 19.4 Å². The van der Waals surface area contributed by atoms with Crippen LogP contribution in [0.5, 0.6) is 5.75 Å². The second-order valence-electron chi connectivity index (χ2n) is 4.95. The van der Waals surface area contributed by atoms with Crippen molar-refractivity contribution in [3.63, 3.8) is 0 Å². The number of ether oxygens (including phenoxy) is 2.